The van der Waals surface area contributed by atoms with Crippen LogP contribution in [0.2, 0.25) is 0 Å². The van der Waals surface area contributed by atoms with Crippen molar-refractivity contribution in [3.8, 4) is 0 Å². The fraction of sp³-hybridized carbons (Fsp3) is 0.667. The highest BCUT2D eigenvalue weighted by molar-refractivity contribution is 7.89. The molecule has 1 aliphatic carbocycles. The molecule has 1 amide bonds. The van der Waals surface area contributed by atoms with Crippen molar-refractivity contribution in [2.24, 2.45) is 0 Å². The third-order valence-electron chi connectivity index (χ3n) is 5.56. The first-order valence-corrected chi connectivity index (χ1v) is 11.5. The number of likely N-dealkylation sites (N-methyl/N-ethyl adjacent to an activating group) is 1. The number of hydrogen-bond acceptors (Lipinski definition) is 3. The third-order valence-corrected chi connectivity index (χ3v) is 7.77. The van der Waals surface area contributed by atoms with Gasteiger partial charge < -0.3 is 4.90 Å². The van der Waals surface area contributed by atoms with E-state index in [9.17, 15) is 13.2 Å². The van der Waals surface area contributed by atoms with Gasteiger partial charge in [-0.05, 0) is 58.6 Å². The SMILES string of the molecule is CCN(CC)C(=O)CN(C1CCCCC1)S(=O)(=O)c1c(C)cc(C)cc1C. The molecule has 0 aromatic heterocycles. The van der Waals surface area contributed by atoms with Gasteiger partial charge in [0.15, 0.2) is 0 Å². The van der Waals surface area contributed by atoms with E-state index in [0.29, 0.717) is 18.0 Å². The maximum Gasteiger partial charge on any atom is 0.244 e. The molecule has 0 atom stereocenters. The Balaban J connectivity index is 2.47. The molecule has 0 radical (unpaired) electrons. The van der Waals surface area contributed by atoms with Gasteiger partial charge in [0.05, 0.1) is 11.4 Å². The number of amides is 1. The molecular formula is C21H34N2O3S. The van der Waals surface area contributed by atoms with E-state index < -0.39 is 10.0 Å². The Morgan fingerprint density at radius 3 is 2.00 bits per heavy atom. The van der Waals surface area contributed by atoms with E-state index in [1.54, 1.807) is 4.90 Å². The van der Waals surface area contributed by atoms with Gasteiger partial charge >= 0.3 is 0 Å². The van der Waals surface area contributed by atoms with Gasteiger partial charge in [0, 0.05) is 19.1 Å². The van der Waals surface area contributed by atoms with Crippen LogP contribution in [0.25, 0.3) is 0 Å². The summed E-state index contributed by atoms with van der Waals surface area (Å²) in [6.07, 6.45) is 4.82. The lowest BCUT2D eigenvalue weighted by molar-refractivity contribution is -0.131. The Bertz CT molecular complexity index is 741. The third kappa shape index (κ3) is 4.91. The molecule has 152 valence electrons. The molecule has 1 aromatic carbocycles. The van der Waals surface area contributed by atoms with Crippen LogP contribution in [0.4, 0.5) is 0 Å². The monoisotopic (exact) mass is 394 g/mol. The van der Waals surface area contributed by atoms with E-state index in [0.717, 1.165) is 48.8 Å². The molecule has 1 saturated carbocycles. The highest BCUT2D eigenvalue weighted by Gasteiger charge is 2.36. The summed E-state index contributed by atoms with van der Waals surface area (Å²) in [6, 6.07) is 3.72. The van der Waals surface area contributed by atoms with Gasteiger partial charge in [-0.15, -0.1) is 0 Å². The second kappa shape index (κ2) is 9.20. The average molecular weight is 395 g/mol. The van der Waals surface area contributed by atoms with E-state index in [1.165, 1.54) is 4.31 Å². The van der Waals surface area contributed by atoms with Crippen LogP contribution in [0.5, 0.6) is 0 Å². The molecule has 0 N–H and O–H groups in total. The standard InChI is InChI=1S/C21H34N2O3S/c1-6-22(7-2)20(24)15-23(19-11-9-8-10-12-19)27(25,26)21-17(4)13-16(3)14-18(21)5/h13-14,19H,6-12,15H2,1-5H3. The highest BCUT2D eigenvalue weighted by atomic mass is 32.2. The minimum absolute atomic E-state index is 0.0680. The summed E-state index contributed by atoms with van der Waals surface area (Å²) in [6.45, 7) is 10.6. The first kappa shape index (κ1) is 21.9. The van der Waals surface area contributed by atoms with E-state index in [2.05, 4.69) is 0 Å². The average Bonchev–Trinajstić information content (AvgIpc) is 2.60. The summed E-state index contributed by atoms with van der Waals surface area (Å²) in [4.78, 5) is 14.9. The van der Waals surface area contributed by atoms with Crippen LogP contribution in [0.3, 0.4) is 0 Å². The molecule has 27 heavy (non-hydrogen) atoms. The number of carbonyl (C=O) groups excluding carboxylic acids is 1. The van der Waals surface area contributed by atoms with Crippen molar-refractivity contribution in [3.05, 3.63) is 28.8 Å². The summed E-state index contributed by atoms with van der Waals surface area (Å²) in [7, 11) is -3.74. The van der Waals surface area contributed by atoms with Gasteiger partial charge in [0.2, 0.25) is 15.9 Å². The number of benzene rings is 1. The quantitative estimate of drug-likeness (QED) is 0.707. The smallest absolute Gasteiger partial charge is 0.244 e. The number of rotatable bonds is 7. The second-order valence-electron chi connectivity index (χ2n) is 7.64. The summed E-state index contributed by atoms with van der Waals surface area (Å²) < 4.78 is 28.8. The number of nitrogens with zero attached hydrogens (tertiary/aromatic N) is 2. The Kier molecular flexibility index (Phi) is 7.46. The summed E-state index contributed by atoms with van der Waals surface area (Å²) >= 11 is 0. The predicted molar refractivity (Wildman–Crippen MR) is 109 cm³/mol. The molecule has 0 saturated heterocycles. The van der Waals surface area contributed by atoms with Crippen LogP contribution in [-0.4, -0.2) is 49.2 Å². The van der Waals surface area contributed by atoms with Crippen molar-refractivity contribution < 1.29 is 13.2 Å². The molecule has 2 rings (SSSR count). The molecule has 1 aliphatic rings. The number of carbonyl (C=O) groups is 1. The van der Waals surface area contributed by atoms with Gasteiger partial charge in [0.1, 0.15) is 0 Å². The molecule has 0 bridgehead atoms. The first-order valence-electron chi connectivity index (χ1n) is 10.1. The van der Waals surface area contributed by atoms with Crippen molar-refractivity contribution >= 4 is 15.9 Å². The molecule has 6 heteroatoms. The van der Waals surface area contributed by atoms with E-state index >= 15 is 0 Å². The molecule has 5 nitrogen and oxygen atoms in total. The largest absolute Gasteiger partial charge is 0.342 e. The molecule has 0 spiro atoms. The van der Waals surface area contributed by atoms with Crippen molar-refractivity contribution in [2.75, 3.05) is 19.6 Å². The number of hydrogen-bond donors (Lipinski definition) is 0. The Morgan fingerprint density at radius 2 is 1.52 bits per heavy atom. The first-order chi connectivity index (χ1) is 12.7. The minimum Gasteiger partial charge on any atom is -0.342 e. The summed E-state index contributed by atoms with van der Waals surface area (Å²) in [5, 5.41) is 0. The van der Waals surface area contributed by atoms with E-state index in [1.807, 2.05) is 46.8 Å². The van der Waals surface area contributed by atoms with Gasteiger partial charge in [-0.1, -0.05) is 37.0 Å². The zero-order valence-corrected chi connectivity index (χ0v) is 18.2. The molecule has 0 aliphatic heterocycles. The van der Waals surface area contributed by atoms with Crippen LogP contribution >= 0.6 is 0 Å². The molecule has 0 unspecified atom stereocenters. The van der Waals surface area contributed by atoms with Crippen LogP contribution in [0, 0.1) is 20.8 Å². The Hall–Kier alpha value is -1.40. The maximum atomic E-state index is 13.7. The van der Waals surface area contributed by atoms with E-state index in [4.69, 9.17) is 0 Å². The normalized spacial score (nSPS) is 15.9. The van der Waals surface area contributed by atoms with Gasteiger partial charge in [-0.25, -0.2) is 8.42 Å². The summed E-state index contributed by atoms with van der Waals surface area (Å²) in [5.74, 6) is -0.114. The van der Waals surface area contributed by atoms with Crippen LogP contribution in [-0.2, 0) is 14.8 Å². The number of sulfonamides is 1. The lowest BCUT2D eigenvalue weighted by atomic mass is 9.95. The van der Waals surface area contributed by atoms with Crippen LogP contribution < -0.4 is 0 Å². The zero-order chi connectivity index (χ0) is 20.2. The van der Waals surface area contributed by atoms with Crippen LogP contribution in [0.15, 0.2) is 17.0 Å². The fourth-order valence-electron chi connectivity index (χ4n) is 4.28. The van der Waals surface area contributed by atoms with Gasteiger partial charge in [-0.3, -0.25) is 4.79 Å². The van der Waals surface area contributed by atoms with Crippen molar-refractivity contribution in [3.63, 3.8) is 0 Å². The lowest BCUT2D eigenvalue weighted by Gasteiger charge is -2.35. The molecule has 0 heterocycles. The second-order valence-corrected chi connectivity index (χ2v) is 9.46. The Labute approximate surface area is 164 Å². The number of aryl methyl sites for hydroxylation is 3. The van der Waals surface area contributed by atoms with Gasteiger partial charge in [-0.2, -0.15) is 4.31 Å². The Morgan fingerprint density at radius 1 is 1.00 bits per heavy atom. The van der Waals surface area contributed by atoms with E-state index in [-0.39, 0.29) is 18.5 Å². The highest BCUT2D eigenvalue weighted by Crippen LogP contribution is 2.31. The van der Waals surface area contributed by atoms with Crippen LogP contribution in [0.1, 0.15) is 62.6 Å². The zero-order valence-electron chi connectivity index (χ0n) is 17.4. The maximum absolute atomic E-state index is 13.7. The molecular weight excluding hydrogens is 360 g/mol. The molecule has 1 fully saturated rings. The fourth-order valence-corrected chi connectivity index (χ4v) is 6.33. The van der Waals surface area contributed by atoms with Crippen molar-refractivity contribution in [1.29, 1.82) is 0 Å². The minimum atomic E-state index is -3.74. The lowest BCUT2D eigenvalue weighted by Crippen LogP contribution is -2.48. The van der Waals surface area contributed by atoms with Crippen molar-refractivity contribution in [1.82, 2.24) is 9.21 Å². The van der Waals surface area contributed by atoms with Crippen molar-refractivity contribution in [2.45, 2.75) is 77.7 Å². The predicted octanol–water partition coefficient (Wildman–Crippen LogP) is 3.80. The summed E-state index contributed by atoms with van der Waals surface area (Å²) in [5.41, 5.74) is 2.56. The molecule has 1 aromatic rings. The van der Waals surface area contributed by atoms with Gasteiger partial charge in [0.25, 0.3) is 0 Å². The topological polar surface area (TPSA) is 57.7 Å².